The number of hydrogen-bond donors (Lipinski definition) is 1. The standard InChI is InChI=1S/C12H13N3O3S/c1-18-10-4-2-3-9(5-10)6-15-8-13-14-12(15)19-7-11(16)17/h2-5,8H,6-7H2,1H3,(H,16,17). The molecule has 0 aliphatic rings. The fraction of sp³-hybridized carbons (Fsp3) is 0.250. The molecule has 0 spiro atoms. The van der Waals surface area contributed by atoms with Gasteiger partial charge in [-0.25, -0.2) is 0 Å². The van der Waals surface area contributed by atoms with Gasteiger partial charge in [0.25, 0.3) is 0 Å². The molecule has 6 nitrogen and oxygen atoms in total. The minimum absolute atomic E-state index is 0.0309. The van der Waals surface area contributed by atoms with Crippen molar-refractivity contribution in [2.75, 3.05) is 12.9 Å². The zero-order valence-corrected chi connectivity index (χ0v) is 11.1. The highest BCUT2D eigenvalue weighted by Gasteiger charge is 2.08. The number of thioether (sulfide) groups is 1. The third-order valence-corrected chi connectivity index (χ3v) is 3.36. The first-order valence-corrected chi connectivity index (χ1v) is 6.53. The largest absolute Gasteiger partial charge is 0.497 e. The molecule has 0 bridgehead atoms. The zero-order valence-electron chi connectivity index (χ0n) is 10.3. The van der Waals surface area contributed by atoms with Gasteiger partial charge in [-0.1, -0.05) is 23.9 Å². The van der Waals surface area contributed by atoms with Gasteiger partial charge in [0.15, 0.2) is 5.16 Å². The fourth-order valence-corrected chi connectivity index (χ4v) is 2.19. The van der Waals surface area contributed by atoms with Crippen LogP contribution < -0.4 is 4.74 Å². The number of carboxylic acids is 1. The Balaban J connectivity index is 2.10. The van der Waals surface area contributed by atoms with Gasteiger partial charge in [-0.15, -0.1) is 10.2 Å². The molecule has 100 valence electrons. The molecule has 2 rings (SSSR count). The van der Waals surface area contributed by atoms with Crippen LogP contribution in [-0.2, 0) is 11.3 Å². The van der Waals surface area contributed by atoms with Crippen molar-refractivity contribution in [3.05, 3.63) is 36.2 Å². The molecule has 0 aliphatic carbocycles. The van der Waals surface area contributed by atoms with Gasteiger partial charge in [0.1, 0.15) is 12.1 Å². The number of methoxy groups -OCH3 is 1. The van der Waals surface area contributed by atoms with Crippen LogP contribution in [0, 0.1) is 0 Å². The lowest BCUT2D eigenvalue weighted by Crippen LogP contribution is -2.03. The number of carbonyl (C=O) groups is 1. The number of nitrogens with zero attached hydrogens (tertiary/aromatic N) is 3. The summed E-state index contributed by atoms with van der Waals surface area (Å²) in [7, 11) is 1.62. The van der Waals surface area contributed by atoms with Crippen LogP contribution in [0.15, 0.2) is 35.7 Å². The summed E-state index contributed by atoms with van der Waals surface area (Å²) < 4.78 is 6.97. The number of ether oxygens (including phenoxy) is 1. The average molecular weight is 279 g/mol. The lowest BCUT2D eigenvalue weighted by atomic mass is 10.2. The zero-order chi connectivity index (χ0) is 13.7. The van der Waals surface area contributed by atoms with Gasteiger partial charge in [0.05, 0.1) is 19.4 Å². The second-order valence-corrected chi connectivity index (χ2v) is 4.72. The molecule has 1 N–H and O–H groups in total. The number of benzene rings is 1. The molecule has 0 saturated carbocycles. The van der Waals surface area contributed by atoms with E-state index in [0.717, 1.165) is 23.1 Å². The van der Waals surface area contributed by atoms with E-state index in [9.17, 15) is 4.79 Å². The summed E-state index contributed by atoms with van der Waals surface area (Å²) in [6.07, 6.45) is 1.59. The Bertz CT molecular complexity index is 571. The van der Waals surface area contributed by atoms with Crippen molar-refractivity contribution < 1.29 is 14.6 Å². The maximum absolute atomic E-state index is 10.6. The fourth-order valence-electron chi connectivity index (χ4n) is 1.56. The molecule has 1 aromatic carbocycles. The van der Waals surface area contributed by atoms with E-state index in [0.29, 0.717) is 11.7 Å². The molecule has 0 atom stereocenters. The van der Waals surface area contributed by atoms with Gasteiger partial charge in [-0.2, -0.15) is 0 Å². The van der Waals surface area contributed by atoms with E-state index < -0.39 is 5.97 Å². The van der Waals surface area contributed by atoms with Gasteiger partial charge in [-0.05, 0) is 17.7 Å². The third-order valence-electron chi connectivity index (χ3n) is 2.39. The topological polar surface area (TPSA) is 77.2 Å². The summed E-state index contributed by atoms with van der Waals surface area (Å²) in [5, 5.41) is 17.0. The summed E-state index contributed by atoms with van der Waals surface area (Å²) in [6.45, 7) is 0.576. The van der Waals surface area contributed by atoms with Crippen molar-refractivity contribution in [1.29, 1.82) is 0 Å². The van der Waals surface area contributed by atoms with Gasteiger partial charge in [0.2, 0.25) is 0 Å². The van der Waals surface area contributed by atoms with Crippen molar-refractivity contribution in [3.8, 4) is 5.75 Å². The van der Waals surface area contributed by atoms with Gasteiger partial charge in [0, 0.05) is 0 Å². The van der Waals surface area contributed by atoms with E-state index >= 15 is 0 Å². The van der Waals surface area contributed by atoms with Crippen LogP contribution in [0.25, 0.3) is 0 Å². The Kier molecular flexibility index (Phi) is 4.40. The van der Waals surface area contributed by atoms with E-state index in [-0.39, 0.29) is 5.75 Å². The number of carboxylic acid groups (broad SMARTS) is 1. The Labute approximate surface area is 114 Å². The molecule has 0 fully saturated rings. The van der Waals surface area contributed by atoms with E-state index in [1.165, 1.54) is 0 Å². The second-order valence-electron chi connectivity index (χ2n) is 3.78. The van der Waals surface area contributed by atoms with E-state index in [2.05, 4.69) is 10.2 Å². The lowest BCUT2D eigenvalue weighted by Gasteiger charge is -2.07. The predicted octanol–water partition coefficient (Wildman–Crippen LogP) is 1.51. The van der Waals surface area contributed by atoms with E-state index in [1.54, 1.807) is 13.4 Å². The second kappa shape index (κ2) is 6.24. The molecule has 0 saturated heterocycles. The molecule has 7 heteroatoms. The average Bonchev–Trinajstić information content (AvgIpc) is 2.84. The van der Waals surface area contributed by atoms with E-state index in [4.69, 9.17) is 9.84 Å². The Morgan fingerprint density at radius 1 is 1.53 bits per heavy atom. The summed E-state index contributed by atoms with van der Waals surface area (Å²) in [5.41, 5.74) is 1.04. The number of hydrogen-bond acceptors (Lipinski definition) is 5. The highest BCUT2D eigenvalue weighted by molar-refractivity contribution is 7.99. The lowest BCUT2D eigenvalue weighted by molar-refractivity contribution is -0.133. The van der Waals surface area contributed by atoms with Crippen LogP contribution in [0.1, 0.15) is 5.56 Å². The van der Waals surface area contributed by atoms with Gasteiger partial charge in [-0.3, -0.25) is 4.79 Å². The predicted molar refractivity (Wildman–Crippen MR) is 70.5 cm³/mol. The highest BCUT2D eigenvalue weighted by atomic mass is 32.2. The first-order valence-electron chi connectivity index (χ1n) is 5.54. The Morgan fingerprint density at radius 2 is 2.37 bits per heavy atom. The first-order chi connectivity index (χ1) is 9.19. The van der Waals surface area contributed by atoms with Crippen LogP contribution in [0.5, 0.6) is 5.75 Å². The third kappa shape index (κ3) is 3.72. The molecule has 1 aromatic heterocycles. The molecule has 0 amide bonds. The Hall–Kier alpha value is -2.02. The van der Waals surface area contributed by atoms with Gasteiger partial charge < -0.3 is 14.4 Å². The summed E-state index contributed by atoms with van der Waals surface area (Å²) in [6, 6.07) is 7.66. The van der Waals surface area contributed by atoms with E-state index in [1.807, 2.05) is 28.8 Å². The monoisotopic (exact) mass is 279 g/mol. The quantitative estimate of drug-likeness (QED) is 0.808. The van der Waals surface area contributed by atoms with Crippen molar-refractivity contribution in [2.24, 2.45) is 0 Å². The summed E-state index contributed by atoms with van der Waals surface area (Å²) in [4.78, 5) is 10.6. The normalized spacial score (nSPS) is 10.4. The summed E-state index contributed by atoms with van der Waals surface area (Å²) in [5.74, 6) is -0.122. The number of rotatable bonds is 6. The number of aromatic nitrogens is 3. The molecule has 1 heterocycles. The van der Waals surface area contributed by atoms with Crippen molar-refractivity contribution in [3.63, 3.8) is 0 Å². The first kappa shape index (κ1) is 13.4. The van der Waals surface area contributed by atoms with Crippen molar-refractivity contribution >= 4 is 17.7 Å². The van der Waals surface area contributed by atoms with Crippen LogP contribution in [-0.4, -0.2) is 38.7 Å². The minimum atomic E-state index is -0.874. The molecule has 0 radical (unpaired) electrons. The SMILES string of the molecule is COc1cccc(Cn2cnnc2SCC(=O)O)c1. The number of aliphatic carboxylic acids is 1. The maximum atomic E-state index is 10.6. The molecule has 0 aliphatic heterocycles. The smallest absolute Gasteiger partial charge is 0.313 e. The van der Waals surface area contributed by atoms with Gasteiger partial charge >= 0.3 is 5.97 Å². The van der Waals surface area contributed by atoms with Crippen molar-refractivity contribution in [1.82, 2.24) is 14.8 Å². The van der Waals surface area contributed by atoms with Crippen LogP contribution in [0.4, 0.5) is 0 Å². The summed E-state index contributed by atoms with van der Waals surface area (Å²) >= 11 is 1.15. The minimum Gasteiger partial charge on any atom is -0.497 e. The molecule has 2 aromatic rings. The van der Waals surface area contributed by atoms with Crippen molar-refractivity contribution in [2.45, 2.75) is 11.7 Å². The maximum Gasteiger partial charge on any atom is 0.313 e. The highest BCUT2D eigenvalue weighted by Crippen LogP contribution is 2.18. The molecular weight excluding hydrogens is 266 g/mol. The molecular formula is C12H13N3O3S. The molecule has 19 heavy (non-hydrogen) atoms. The molecule has 0 unspecified atom stereocenters. The van der Waals surface area contributed by atoms with Crippen LogP contribution >= 0.6 is 11.8 Å². The Morgan fingerprint density at radius 3 is 3.11 bits per heavy atom. The van der Waals surface area contributed by atoms with Crippen LogP contribution in [0.2, 0.25) is 0 Å². The van der Waals surface area contributed by atoms with Crippen LogP contribution in [0.3, 0.4) is 0 Å².